The van der Waals surface area contributed by atoms with E-state index in [1.165, 1.54) is 0 Å². The quantitative estimate of drug-likeness (QED) is 0.910. The molecule has 1 saturated heterocycles. The van der Waals surface area contributed by atoms with E-state index in [-0.39, 0.29) is 11.9 Å². The second-order valence-electron chi connectivity index (χ2n) is 5.84. The lowest BCUT2D eigenvalue weighted by atomic mass is 10.0. The zero-order valence-corrected chi connectivity index (χ0v) is 15.0. The lowest BCUT2D eigenvalue weighted by molar-refractivity contribution is 0.0634. The van der Waals surface area contributed by atoms with Gasteiger partial charge in [0.15, 0.2) is 11.5 Å². The van der Waals surface area contributed by atoms with Crippen LogP contribution < -0.4 is 14.8 Å². The van der Waals surface area contributed by atoms with Crippen LogP contribution in [0.15, 0.2) is 42.5 Å². The first-order valence-corrected chi connectivity index (χ1v) is 8.51. The molecule has 0 radical (unpaired) electrons. The molecule has 0 aliphatic carbocycles. The second kappa shape index (κ2) is 7.76. The Kier molecular flexibility index (Phi) is 5.46. The van der Waals surface area contributed by atoms with Crippen molar-refractivity contribution in [2.75, 3.05) is 33.9 Å². The maximum absolute atomic E-state index is 13.1. The number of benzene rings is 2. The molecule has 1 unspecified atom stereocenters. The molecular formula is C19H21ClN2O3. The third kappa shape index (κ3) is 3.72. The summed E-state index contributed by atoms with van der Waals surface area (Å²) in [5.41, 5.74) is 1.60. The smallest absolute Gasteiger partial charge is 0.254 e. The summed E-state index contributed by atoms with van der Waals surface area (Å²) in [7, 11) is 3.14. The van der Waals surface area contributed by atoms with Gasteiger partial charge in [0.2, 0.25) is 0 Å². The van der Waals surface area contributed by atoms with Crippen molar-refractivity contribution in [2.24, 2.45) is 0 Å². The first-order valence-electron chi connectivity index (χ1n) is 8.13. The Balaban J connectivity index is 1.91. The summed E-state index contributed by atoms with van der Waals surface area (Å²) in [6, 6.07) is 12.8. The van der Waals surface area contributed by atoms with Gasteiger partial charge in [0.1, 0.15) is 0 Å². The molecule has 1 heterocycles. The number of nitrogens with zero attached hydrogens (tertiary/aromatic N) is 1. The van der Waals surface area contributed by atoms with Crippen LogP contribution in [0, 0.1) is 0 Å². The van der Waals surface area contributed by atoms with Crippen LogP contribution in [0.5, 0.6) is 11.5 Å². The molecule has 0 spiro atoms. The number of halogens is 1. The van der Waals surface area contributed by atoms with Crippen LogP contribution in [0.2, 0.25) is 5.02 Å². The lowest BCUT2D eigenvalue weighted by Crippen LogP contribution is -2.48. The van der Waals surface area contributed by atoms with E-state index in [2.05, 4.69) is 5.32 Å². The van der Waals surface area contributed by atoms with Crippen molar-refractivity contribution in [3.05, 3.63) is 58.6 Å². The fourth-order valence-electron chi connectivity index (χ4n) is 3.09. The number of nitrogens with one attached hydrogen (secondary N) is 1. The molecule has 0 bridgehead atoms. The van der Waals surface area contributed by atoms with Gasteiger partial charge in [0, 0.05) is 30.2 Å². The van der Waals surface area contributed by atoms with Crippen molar-refractivity contribution in [1.29, 1.82) is 0 Å². The van der Waals surface area contributed by atoms with E-state index >= 15 is 0 Å². The Morgan fingerprint density at radius 3 is 2.68 bits per heavy atom. The van der Waals surface area contributed by atoms with Crippen molar-refractivity contribution in [3.63, 3.8) is 0 Å². The third-order valence-electron chi connectivity index (χ3n) is 4.37. The number of rotatable bonds is 4. The van der Waals surface area contributed by atoms with Crippen molar-refractivity contribution in [1.82, 2.24) is 10.2 Å². The monoisotopic (exact) mass is 360 g/mol. The summed E-state index contributed by atoms with van der Waals surface area (Å²) in [6.45, 7) is 2.08. The summed E-state index contributed by atoms with van der Waals surface area (Å²) in [5, 5.41) is 4.02. The molecule has 6 heteroatoms. The van der Waals surface area contributed by atoms with Crippen LogP contribution in [0.4, 0.5) is 0 Å². The SMILES string of the molecule is COc1ccc(C(=O)N2CCNCC2c2cccc(Cl)c2)cc1OC. The minimum atomic E-state index is -0.0620. The topological polar surface area (TPSA) is 50.8 Å². The molecule has 1 aliphatic heterocycles. The molecule has 2 aromatic rings. The van der Waals surface area contributed by atoms with Gasteiger partial charge in [-0.05, 0) is 35.9 Å². The summed E-state index contributed by atoms with van der Waals surface area (Å²) in [4.78, 5) is 15.0. The summed E-state index contributed by atoms with van der Waals surface area (Å²) in [6.07, 6.45) is 0. The average molecular weight is 361 g/mol. The number of piperazine rings is 1. The molecule has 1 atom stereocenters. The molecule has 0 saturated carbocycles. The molecule has 0 aromatic heterocycles. The zero-order chi connectivity index (χ0) is 17.8. The Morgan fingerprint density at radius 2 is 1.96 bits per heavy atom. The molecule has 1 amide bonds. The van der Waals surface area contributed by atoms with E-state index in [1.807, 2.05) is 29.2 Å². The van der Waals surface area contributed by atoms with Crippen molar-refractivity contribution >= 4 is 17.5 Å². The van der Waals surface area contributed by atoms with Crippen LogP contribution >= 0.6 is 11.6 Å². The highest BCUT2D eigenvalue weighted by atomic mass is 35.5. The predicted octanol–water partition coefficient (Wildman–Crippen LogP) is 3.14. The fraction of sp³-hybridized carbons (Fsp3) is 0.316. The third-order valence-corrected chi connectivity index (χ3v) is 4.60. The van der Waals surface area contributed by atoms with E-state index in [9.17, 15) is 4.79 Å². The number of carbonyl (C=O) groups is 1. The number of methoxy groups -OCH3 is 2. The Labute approximate surface area is 152 Å². The van der Waals surface area contributed by atoms with Gasteiger partial charge in [0.05, 0.1) is 20.3 Å². The van der Waals surface area contributed by atoms with E-state index < -0.39 is 0 Å². The molecule has 1 N–H and O–H groups in total. The first-order chi connectivity index (χ1) is 12.1. The van der Waals surface area contributed by atoms with Gasteiger partial charge in [-0.2, -0.15) is 0 Å². The Bertz CT molecular complexity index is 766. The van der Waals surface area contributed by atoms with Gasteiger partial charge >= 0.3 is 0 Å². The Hall–Kier alpha value is -2.24. The normalized spacial score (nSPS) is 17.2. The molecule has 132 valence electrons. The molecule has 3 rings (SSSR count). The van der Waals surface area contributed by atoms with E-state index in [0.29, 0.717) is 35.2 Å². The highest BCUT2D eigenvalue weighted by molar-refractivity contribution is 6.30. The minimum Gasteiger partial charge on any atom is -0.493 e. The maximum atomic E-state index is 13.1. The number of hydrogen-bond acceptors (Lipinski definition) is 4. The van der Waals surface area contributed by atoms with Gasteiger partial charge in [-0.15, -0.1) is 0 Å². The molecule has 1 fully saturated rings. The summed E-state index contributed by atoms with van der Waals surface area (Å²) >= 11 is 6.13. The van der Waals surface area contributed by atoms with Crippen LogP contribution in [0.3, 0.4) is 0 Å². The standard InChI is InChI=1S/C19H21ClN2O3/c1-24-17-7-6-14(11-18(17)25-2)19(23)22-9-8-21-12-16(22)13-4-3-5-15(20)10-13/h3-7,10-11,16,21H,8-9,12H2,1-2H3. The predicted molar refractivity (Wildman–Crippen MR) is 97.6 cm³/mol. The molecule has 2 aromatic carbocycles. The van der Waals surface area contributed by atoms with Gasteiger partial charge in [-0.25, -0.2) is 0 Å². The summed E-state index contributed by atoms with van der Waals surface area (Å²) < 4.78 is 10.6. The summed E-state index contributed by atoms with van der Waals surface area (Å²) in [5.74, 6) is 1.11. The van der Waals surface area contributed by atoms with E-state index in [1.54, 1.807) is 32.4 Å². The number of carbonyl (C=O) groups excluding carboxylic acids is 1. The molecule has 25 heavy (non-hydrogen) atoms. The van der Waals surface area contributed by atoms with Gasteiger partial charge in [0.25, 0.3) is 5.91 Å². The number of hydrogen-bond donors (Lipinski definition) is 1. The van der Waals surface area contributed by atoms with Gasteiger partial charge in [-0.1, -0.05) is 23.7 Å². The van der Waals surface area contributed by atoms with Crippen LogP contribution in [-0.2, 0) is 0 Å². The fourth-order valence-corrected chi connectivity index (χ4v) is 3.29. The molecular weight excluding hydrogens is 340 g/mol. The van der Waals surface area contributed by atoms with E-state index in [4.69, 9.17) is 21.1 Å². The second-order valence-corrected chi connectivity index (χ2v) is 6.28. The van der Waals surface area contributed by atoms with Crippen molar-refractivity contribution in [2.45, 2.75) is 6.04 Å². The number of amides is 1. The highest BCUT2D eigenvalue weighted by Gasteiger charge is 2.29. The highest BCUT2D eigenvalue weighted by Crippen LogP contribution is 2.30. The molecule has 1 aliphatic rings. The largest absolute Gasteiger partial charge is 0.493 e. The first kappa shape index (κ1) is 17.6. The average Bonchev–Trinajstić information content (AvgIpc) is 2.66. The van der Waals surface area contributed by atoms with Crippen molar-refractivity contribution < 1.29 is 14.3 Å². The van der Waals surface area contributed by atoms with Crippen LogP contribution in [-0.4, -0.2) is 44.7 Å². The van der Waals surface area contributed by atoms with E-state index in [0.717, 1.165) is 12.1 Å². The number of ether oxygens (including phenoxy) is 2. The molecule has 5 nitrogen and oxygen atoms in total. The van der Waals surface area contributed by atoms with Crippen LogP contribution in [0.1, 0.15) is 22.0 Å². The van der Waals surface area contributed by atoms with Gasteiger partial charge in [-0.3, -0.25) is 4.79 Å². The Morgan fingerprint density at radius 1 is 1.16 bits per heavy atom. The minimum absolute atomic E-state index is 0.0348. The van der Waals surface area contributed by atoms with Gasteiger partial charge < -0.3 is 19.7 Å². The lowest BCUT2D eigenvalue weighted by Gasteiger charge is -2.36. The maximum Gasteiger partial charge on any atom is 0.254 e. The van der Waals surface area contributed by atoms with Crippen molar-refractivity contribution in [3.8, 4) is 11.5 Å². The van der Waals surface area contributed by atoms with Crippen LogP contribution in [0.25, 0.3) is 0 Å². The zero-order valence-electron chi connectivity index (χ0n) is 14.3.